The standard InChI is InChI=1S/C34H40N3O/c1-6-8-20-36-30-18-15-26(24-38)23-32(30)37(21-9-7-2)29-17-14-25(22-31(29)36)16-19-33-34(3,4)27-12-10-11-13-28(27)35(33)5/h10-19,22-24H,6-9,20-21H2,1-5H3/q+1. The van der Waals surface area contributed by atoms with E-state index in [9.17, 15) is 4.79 Å². The van der Waals surface area contributed by atoms with Gasteiger partial charge in [-0.15, -0.1) is 0 Å². The normalized spacial score (nSPS) is 15.6. The van der Waals surface area contributed by atoms with Crippen LogP contribution in [0.15, 0.2) is 66.7 Å². The van der Waals surface area contributed by atoms with Gasteiger partial charge in [0, 0.05) is 36.4 Å². The summed E-state index contributed by atoms with van der Waals surface area (Å²) < 4.78 is 2.32. The average Bonchev–Trinajstić information content (AvgIpc) is 3.13. The first-order chi connectivity index (χ1) is 18.4. The van der Waals surface area contributed by atoms with Crippen LogP contribution in [0.4, 0.5) is 28.4 Å². The van der Waals surface area contributed by atoms with Crippen LogP contribution in [-0.2, 0) is 5.41 Å². The maximum absolute atomic E-state index is 11.6. The number of nitrogens with zero attached hydrogens (tertiary/aromatic N) is 3. The van der Waals surface area contributed by atoms with Crippen molar-refractivity contribution < 1.29 is 9.37 Å². The molecule has 0 radical (unpaired) electrons. The van der Waals surface area contributed by atoms with E-state index < -0.39 is 0 Å². The second kappa shape index (κ2) is 10.6. The lowest BCUT2D eigenvalue weighted by Gasteiger charge is -2.41. The summed E-state index contributed by atoms with van der Waals surface area (Å²) >= 11 is 0. The van der Waals surface area contributed by atoms with Crippen molar-refractivity contribution in [3.8, 4) is 0 Å². The summed E-state index contributed by atoms with van der Waals surface area (Å²) in [4.78, 5) is 16.5. The highest BCUT2D eigenvalue weighted by atomic mass is 16.1. The molecular weight excluding hydrogens is 466 g/mol. The Morgan fingerprint density at radius 3 is 1.92 bits per heavy atom. The molecule has 0 amide bonds. The summed E-state index contributed by atoms with van der Waals surface area (Å²) in [6.07, 6.45) is 9.97. The SMILES string of the molecule is CCCCN1c2ccc(/C=C/C3=[N+](C)c4ccccc4C3(C)C)cc2N(CCCC)c2ccc(C=O)cc21. The molecule has 0 saturated carbocycles. The predicted molar refractivity (Wildman–Crippen MR) is 161 cm³/mol. The third-order valence-electron chi connectivity index (χ3n) is 8.14. The van der Waals surface area contributed by atoms with E-state index in [1.54, 1.807) is 0 Å². The zero-order valence-electron chi connectivity index (χ0n) is 23.5. The van der Waals surface area contributed by atoms with Gasteiger partial charge in [0.15, 0.2) is 5.71 Å². The fraction of sp³-hybridized carbons (Fsp3) is 0.353. The number of anilines is 4. The minimum absolute atomic E-state index is 0.0462. The van der Waals surface area contributed by atoms with E-state index >= 15 is 0 Å². The number of unbranched alkanes of at least 4 members (excludes halogenated alkanes) is 2. The van der Waals surface area contributed by atoms with Crippen LogP contribution in [0.5, 0.6) is 0 Å². The first-order valence-corrected chi connectivity index (χ1v) is 14.1. The van der Waals surface area contributed by atoms with Gasteiger partial charge in [-0.25, -0.2) is 0 Å². The number of hydrogen-bond donors (Lipinski definition) is 0. The van der Waals surface area contributed by atoms with Crippen LogP contribution in [-0.4, -0.2) is 36.7 Å². The van der Waals surface area contributed by atoms with E-state index in [2.05, 4.69) is 116 Å². The molecule has 0 atom stereocenters. The number of rotatable bonds is 9. The van der Waals surface area contributed by atoms with E-state index in [1.807, 2.05) is 6.07 Å². The number of aldehydes is 1. The number of fused-ring (bicyclic) bond motifs is 3. The number of para-hydroxylation sites is 1. The monoisotopic (exact) mass is 506 g/mol. The summed E-state index contributed by atoms with van der Waals surface area (Å²) in [5.74, 6) is 0. The molecule has 38 heavy (non-hydrogen) atoms. The Kier molecular flexibility index (Phi) is 7.25. The average molecular weight is 507 g/mol. The third-order valence-corrected chi connectivity index (χ3v) is 8.14. The van der Waals surface area contributed by atoms with Gasteiger partial charge >= 0.3 is 0 Å². The van der Waals surface area contributed by atoms with Gasteiger partial charge < -0.3 is 9.80 Å². The van der Waals surface area contributed by atoms with Crippen LogP contribution in [0.2, 0.25) is 0 Å². The van der Waals surface area contributed by atoms with Crippen molar-refractivity contribution in [2.45, 2.75) is 58.8 Å². The van der Waals surface area contributed by atoms with Crippen molar-refractivity contribution in [2.75, 3.05) is 29.9 Å². The molecule has 2 aliphatic rings. The third kappa shape index (κ3) is 4.47. The molecule has 3 aromatic rings. The molecule has 0 aliphatic carbocycles. The fourth-order valence-corrected chi connectivity index (χ4v) is 6.00. The summed E-state index contributed by atoms with van der Waals surface area (Å²) in [7, 11) is 2.17. The maximum Gasteiger partial charge on any atom is 0.209 e. The van der Waals surface area contributed by atoms with Crippen LogP contribution in [0.25, 0.3) is 6.08 Å². The molecule has 4 nitrogen and oxygen atoms in total. The summed E-state index contributed by atoms with van der Waals surface area (Å²) in [6.45, 7) is 11.0. The highest BCUT2D eigenvalue weighted by Crippen LogP contribution is 2.49. The lowest BCUT2D eigenvalue weighted by atomic mass is 9.81. The zero-order chi connectivity index (χ0) is 26.9. The maximum atomic E-state index is 11.6. The highest BCUT2D eigenvalue weighted by molar-refractivity contribution is 6.05. The Hall–Kier alpha value is -3.66. The minimum Gasteiger partial charge on any atom is -0.338 e. The smallest absolute Gasteiger partial charge is 0.209 e. The van der Waals surface area contributed by atoms with Gasteiger partial charge in [0.1, 0.15) is 13.3 Å². The molecule has 5 rings (SSSR count). The van der Waals surface area contributed by atoms with Gasteiger partial charge in [-0.2, -0.15) is 4.58 Å². The van der Waals surface area contributed by atoms with Crippen molar-refractivity contribution in [1.29, 1.82) is 0 Å². The van der Waals surface area contributed by atoms with Crippen molar-refractivity contribution in [3.63, 3.8) is 0 Å². The van der Waals surface area contributed by atoms with E-state index in [4.69, 9.17) is 0 Å². The fourth-order valence-electron chi connectivity index (χ4n) is 6.00. The quantitative estimate of drug-likeness (QED) is 0.215. The Morgan fingerprint density at radius 2 is 1.34 bits per heavy atom. The molecular formula is C34H40N3O+. The number of hydrogen-bond acceptors (Lipinski definition) is 3. The van der Waals surface area contributed by atoms with Crippen LogP contribution in [0.1, 0.15) is 74.9 Å². The van der Waals surface area contributed by atoms with Crippen LogP contribution < -0.4 is 9.80 Å². The molecule has 0 N–H and O–H groups in total. The molecule has 0 fully saturated rings. The predicted octanol–water partition coefficient (Wildman–Crippen LogP) is 8.41. The molecule has 0 bridgehead atoms. The zero-order valence-corrected chi connectivity index (χ0v) is 23.5. The molecule has 196 valence electrons. The molecule has 3 aromatic carbocycles. The number of carbonyl (C=O) groups excluding carboxylic acids is 1. The number of allylic oxidation sites excluding steroid dienone is 1. The van der Waals surface area contributed by atoms with Gasteiger partial charge in [0.25, 0.3) is 0 Å². The first kappa shape index (κ1) is 26.0. The molecule has 2 aliphatic heterocycles. The van der Waals surface area contributed by atoms with E-state index in [-0.39, 0.29) is 5.41 Å². The van der Waals surface area contributed by atoms with E-state index in [0.29, 0.717) is 0 Å². The topological polar surface area (TPSA) is 26.6 Å². The van der Waals surface area contributed by atoms with Gasteiger partial charge in [0.2, 0.25) is 5.69 Å². The Bertz CT molecular complexity index is 1410. The Labute approximate surface area is 227 Å². The second-order valence-electron chi connectivity index (χ2n) is 11.0. The summed E-state index contributed by atoms with van der Waals surface area (Å²) in [5.41, 5.74) is 10.6. The molecule has 0 spiro atoms. The van der Waals surface area contributed by atoms with Crippen molar-refractivity contribution in [1.82, 2.24) is 0 Å². The van der Waals surface area contributed by atoms with Gasteiger partial charge in [-0.3, -0.25) is 4.79 Å². The van der Waals surface area contributed by atoms with Crippen molar-refractivity contribution in [3.05, 3.63) is 83.4 Å². The molecule has 2 heterocycles. The first-order valence-electron chi connectivity index (χ1n) is 14.1. The van der Waals surface area contributed by atoms with E-state index in [0.717, 1.165) is 56.3 Å². The molecule has 0 aromatic heterocycles. The van der Waals surface area contributed by atoms with Crippen LogP contribution in [0.3, 0.4) is 0 Å². The van der Waals surface area contributed by atoms with Crippen molar-refractivity contribution >= 4 is 46.5 Å². The van der Waals surface area contributed by atoms with Crippen LogP contribution >= 0.6 is 0 Å². The number of benzene rings is 3. The second-order valence-corrected chi connectivity index (χ2v) is 11.0. The summed E-state index contributed by atoms with van der Waals surface area (Å²) in [5, 5.41) is 0. The molecule has 0 saturated heterocycles. The molecule has 4 heteroatoms. The number of carbonyl (C=O) groups is 1. The molecule has 0 unspecified atom stereocenters. The summed E-state index contributed by atoms with van der Waals surface area (Å²) in [6, 6.07) is 21.7. The lowest BCUT2D eigenvalue weighted by Crippen LogP contribution is -2.31. The Morgan fingerprint density at radius 1 is 0.763 bits per heavy atom. The van der Waals surface area contributed by atoms with E-state index in [1.165, 1.54) is 39.6 Å². The Balaban J connectivity index is 1.56. The van der Waals surface area contributed by atoms with Gasteiger partial charge in [-0.05, 0) is 68.7 Å². The van der Waals surface area contributed by atoms with Gasteiger partial charge in [-0.1, -0.05) is 51.0 Å². The lowest BCUT2D eigenvalue weighted by molar-refractivity contribution is -0.401. The largest absolute Gasteiger partial charge is 0.338 e. The van der Waals surface area contributed by atoms with Crippen molar-refractivity contribution in [2.24, 2.45) is 0 Å². The highest BCUT2D eigenvalue weighted by Gasteiger charge is 2.42. The van der Waals surface area contributed by atoms with Gasteiger partial charge in [0.05, 0.1) is 28.2 Å². The minimum atomic E-state index is -0.0462. The van der Waals surface area contributed by atoms with Crippen LogP contribution in [0, 0.1) is 0 Å².